The average molecular weight is 463 g/mol. The van der Waals surface area contributed by atoms with Gasteiger partial charge < -0.3 is 15.0 Å². The van der Waals surface area contributed by atoms with Crippen LogP contribution in [-0.2, 0) is 4.79 Å². The van der Waals surface area contributed by atoms with Gasteiger partial charge in [-0.3, -0.25) is 9.59 Å². The van der Waals surface area contributed by atoms with E-state index in [2.05, 4.69) is 21.2 Å². The lowest BCUT2D eigenvalue weighted by Gasteiger charge is -2.24. The molecule has 1 N–H and O–H groups in total. The van der Waals surface area contributed by atoms with Gasteiger partial charge in [-0.2, -0.15) is 0 Å². The number of likely N-dealkylation sites (tertiary alicyclic amines) is 1. The number of ether oxygens (including phenoxy) is 1. The van der Waals surface area contributed by atoms with Gasteiger partial charge in [-0.15, -0.1) is 0 Å². The molecule has 0 saturated carbocycles. The predicted molar refractivity (Wildman–Crippen MR) is 112 cm³/mol. The first-order valence-electron chi connectivity index (χ1n) is 9.77. The maximum atomic E-state index is 12.8. The second kappa shape index (κ2) is 10.4. The van der Waals surface area contributed by atoms with Gasteiger partial charge in [0.1, 0.15) is 17.6 Å². The maximum Gasteiger partial charge on any atom is 0.254 e. The summed E-state index contributed by atoms with van der Waals surface area (Å²) < 4.78 is 19.3. The maximum absolute atomic E-state index is 12.8. The Balaban J connectivity index is 1.39. The topological polar surface area (TPSA) is 58.6 Å². The van der Waals surface area contributed by atoms with E-state index in [0.29, 0.717) is 37.4 Å². The van der Waals surface area contributed by atoms with Crippen molar-refractivity contribution in [3.05, 3.63) is 64.4 Å². The first-order chi connectivity index (χ1) is 14.0. The third-order valence-corrected chi connectivity index (χ3v) is 5.39. The zero-order chi connectivity index (χ0) is 20.6. The summed E-state index contributed by atoms with van der Waals surface area (Å²) >= 11 is 3.36. The Labute approximate surface area is 178 Å². The molecule has 29 heavy (non-hydrogen) atoms. The lowest BCUT2D eigenvalue weighted by Crippen LogP contribution is -2.46. The van der Waals surface area contributed by atoms with E-state index in [1.54, 1.807) is 29.2 Å². The Morgan fingerprint density at radius 1 is 1.10 bits per heavy atom. The summed E-state index contributed by atoms with van der Waals surface area (Å²) in [7, 11) is 0. The molecule has 0 aliphatic carbocycles. The van der Waals surface area contributed by atoms with Crippen LogP contribution in [0.4, 0.5) is 4.39 Å². The Hall–Kier alpha value is -2.41. The van der Waals surface area contributed by atoms with Crippen molar-refractivity contribution in [3.63, 3.8) is 0 Å². The van der Waals surface area contributed by atoms with Gasteiger partial charge in [0.25, 0.3) is 5.91 Å². The predicted octanol–water partition coefficient (Wildman–Crippen LogP) is 4.17. The van der Waals surface area contributed by atoms with Crippen LogP contribution in [0.15, 0.2) is 53.0 Å². The highest BCUT2D eigenvalue weighted by molar-refractivity contribution is 9.10. The van der Waals surface area contributed by atoms with Crippen molar-refractivity contribution in [1.29, 1.82) is 0 Å². The smallest absolute Gasteiger partial charge is 0.254 e. The highest BCUT2D eigenvalue weighted by Gasteiger charge is 2.34. The van der Waals surface area contributed by atoms with Crippen molar-refractivity contribution >= 4 is 27.7 Å². The SMILES string of the molecule is O=C(NCCCCOc1ccc(F)cc1)C1CCCN1C(=O)c1ccc(Br)cc1. The number of carbonyl (C=O) groups excluding carboxylic acids is 2. The van der Waals surface area contributed by atoms with Crippen LogP contribution in [0, 0.1) is 5.82 Å². The molecule has 1 fully saturated rings. The summed E-state index contributed by atoms with van der Waals surface area (Å²) in [5, 5.41) is 2.93. The van der Waals surface area contributed by atoms with Crippen LogP contribution in [0.25, 0.3) is 0 Å². The third kappa shape index (κ3) is 6.03. The van der Waals surface area contributed by atoms with Gasteiger partial charge in [0.2, 0.25) is 5.91 Å². The molecule has 1 atom stereocenters. The second-order valence-corrected chi connectivity index (χ2v) is 7.88. The van der Waals surface area contributed by atoms with E-state index in [0.717, 1.165) is 23.7 Å². The van der Waals surface area contributed by atoms with Crippen LogP contribution in [0.5, 0.6) is 5.75 Å². The number of benzene rings is 2. The minimum absolute atomic E-state index is 0.104. The zero-order valence-corrected chi connectivity index (χ0v) is 17.7. The second-order valence-electron chi connectivity index (χ2n) is 6.96. The molecule has 1 aliphatic rings. The molecule has 2 aromatic carbocycles. The van der Waals surface area contributed by atoms with Crippen molar-refractivity contribution < 1.29 is 18.7 Å². The fourth-order valence-corrected chi connectivity index (χ4v) is 3.58. The van der Waals surface area contributed by atoms with Gasteiger partial charge >= 0.3 is 0 Å². The molecule has 5 nitrogen and oxygen atoms in total. The Morgan fingerprint density at radius 3 is 2.55 bits per heavy atom. The quantitative estimate of drug-likeness (QED) is 0.598. The van der Waals surface area contributed by atoms with Crippen LogP contribution < -0.4 is 10.1 Å². The van der Waals surface area contributed by atoms with E-state index in [1.165, 1.54) is 12.1 Å². The molecule has 1 heterocycles. The van der Waals surface area contributed by atoms with Crippen molar-refractivity contribution in [1.82, 2.24) is 10.2 Å². The standard InChI is InChI=1S/C22H24BrFN2O3/c23-17-7-5-16(6-8-17)22(28)26-14-3-4-20(26)21(27)25-13-1-2-15-29-19-11-9-18(24)10-12-19/h5-12,20H,1-4,13-15H2,(H,25,27). The summed E-state index contributed by atoms with van der Waals surface area (Å²) in [4.78, 5) is 27.0. The zero-order valence-electron chi connectivity index (χ0n) is 16.1. The molecule has 2 aromatic rings. The first kappa shape index (κ1) is 21.3. The molecule has 1 unspecified atom stereocenters. The van der Waals surface area contributed by atoms with Crippen molar-refractivity contribution in [2.24, 2.45) is 0 Å². The first-order valence-corrected chi connectivity index (χ1v) is 10.6. The lowest BCUT2D eigenvalue weighted by molar-refractivity contribution is -0.124. The van der Waals surface area contributed by atoms with Crippen LogP contribution in [-0.4, -0.2) is 42.5 Å². The summed E-state index contributed by atoms with van der Waals surface area (Å²) in [6.45, 7) is 1.63. The molecule has 3 rings (SSSR count). The van der Waals surface area contributed by atoms with E-state index >= 15 is 0 Å². The number of carbonyl (C=O) groups is 2. The molecule has 0 bridgehead atoms. The normalized spacial score (nSPS) is 15.9. The minimum atomic E-state index is -0.415. The van der Waals surface area contributed by atoms with E-state index in [9.17, 15) is 14.0 Å². The minimum Gasteiger partial charge on any atom is -0.494 e. The van der Waals surface area contributed by atoms with Gasteiger partial charge in [-0.05, 0) is 74.2 Å². The number of nitrogens with one attached hydrogen (secondary N) is 1. The highest BCUT2D eigenvalue weighted by Crippen LogP contribution is 2.21. The molecule has 7 heteroatoms. The highest BCUT2D eigenvalue weighted by atomic mass is 79.9. The van der Waals surface area contributed by atoms with Crippen LogP contribution in [0.2, 0.25) is 0 Å². The largest absolute Gasteiger partial charge is 0.494 e. The van der Waals surface area contributed by atoms with Crippen molar-refractivity contribution in [2.45, 2.75) is 31.7 Å². The Bertz CT molecular complexity index is 827. The molecule has 2 amide bonds. The number of unbranched alkanes of at least 4 members (excludes halogenated alkanes) is 1. The van der Waals surface area contributed by atoms with E-state index in [1.807, 2.05) is 12.1 Å². The average Bonchev–Trinajstić information content (AvgIpc) is 3.22. The number of nitrogens with zero attached hydrogens (tertiary/aromatic N) is 1. The van der Waals surface area contributed by atoms with Crippen LogP contribution in [0.1, 0.15) is 36.0 Å². The summed E-state index contributed by atoms with van der Waals surface area (Å²) in [6.07, 6.45) is 3.04. The van der Waals surface area contributed by atoms with Crippen molar-refractivity contribution in [2.75, 3.05) is 19.7 Å². The molecular formula is C22H24BrFN2O3. The third-order valence-electron chi connectivity index (χ3n) is 4.86. The molecule has 0 radical (unpaired) electrons. The number of rotatable bonds is 8. The molecule has 0 spiro atoms. The molecule has 1 saturated heterocycles. The van der Waals surface area contributed by atoms with Gasteiger partial charge in [0.05, 0.1) is 6.61 Å². The lowest BCUT2D eigenvalue weighted by atomic mass is 10.1. The van der Waals surface area contributed by atoms with Crippen LogP contribution >= 0.6 is 15.9 Å². The number of hydrogen-bond donors (Lipinski definition) is 1. The monoisotopic (exact) mass is 462 g/mol. The summed E-state index contributed by atoms with van der Waals surface area (Å²) in [6, 6.07) is 12.7. The molecule has 154 valence electrons. The van der Waals surface area contributed by atoms with Gasteiger partial charge in [0.15, 0.2) is 0 Å². The van der Waals surface area contributed by atoms with Gasteiger partial charge in [0, 0.05) is 23.1 Å². The Kier molecular flexibility index (Phi) is 7.63. The summed E-state index contributed by atoms with van der Waals surface area (Å²) in [5.74, 6) is 0.124. The van der Waals surface area contributed by atoms with Gasteiger partial charge in [-0.1, -0.05) is 15.9 Å². The molecular weight excluding hydrogens is 439 g/mol. The van der Waals surface area contributed by atoms with Crippen LogP contribution in [0.3, 0.4) is 0 Å². The van der Waals surface area contributed by atoms with Crippen molar-refractivity contribution in [3.8, 4) is 5.75 Å². The van der Waals surface area contributed by atoms with E-state index in [4.69, 9.17) is 4.74 Å². The molecule has 0 aromatic heterocycles. The number of halogens is 2. The van der Waals surface area contributed by atoms with E-state index < -0.39 is 6.04 Å². The fourth-order valence-electron chi connectivity index (χ4n) is 3.32. The fraction of sp³-hybridized carbons (Fsp3) is 0.364. The van der Waals surface area contributed by atoms with E-state index in [-0.39, 0.29) is 17.6 Å². The Morgan fingerprint density at radius 2 is 1.83 bits per heavy atom. The summed E-state index contributed by atoms with van der Waals surface area (Å²) in [5.41, 5.74) is 0.589. The van der Waals surface area contributed by atoms with Gasteiger partial charge in [-0.25, -0.2) is 4.39 Å². The number of amides is 2. The number of hydrogen-bond acceptors (Lipinski definition) is 3. The molecule has 1 aliphatic heterocycles.